The molecular formula is C11H7Cl2N5. The van der Waals surface area contributed by atoms with Gasteiger partial charge >= 0.3 is 0 Å². The van der Waals surface area contributed by atoms with Crippen LogP contribution in [0, 0.1) is 11.3 Å². The third-order valence-corrected chi connectivity index (χ3v) is 2.56. The predicted octanol–water partition coefficient (Wildman–Crippen LogP) is 2.98. The lowest BCUT2D eigenvalue weighted by Gasteiger charge is -2.09. The van der Waals surface area contributed by atoms with E-state index in [1.54, 1.807) is 18.2 Å². The van der Waals surface area contributed by atoms with E-state index < -0.39 is 0 Å². The van der Waals surface area contributed by atoms with Crippen LogP contribution in [0.2, 0.25) is 10.3 Å². The number of rotatable bonds is 2. The minimum absolute atomic E-state index is 0.0623. The van der Waals surface area contributed by atoms with Crippen LogP contribution in [0.25, 0.3) is 0 Å². The molecular weight excluding hydrogens is 273 g/mol. The van der Waals surface area contributed by atoms with Gasteiger partial charge < -0.3 is 11.1 Å². The van der Waals surface area contributed by atoms with Crippen molar-refractivity contribution in [1.82, 2.24) is 9.97 Å². The summed E-state index contributed by atoms with van der Waals surface area (Å²) in [5.74, 6) is 0.328. The Morgan fingerprint density at radius 1 is 1.33 bits per heavy atom. The Morgan fingerprint density at radius 2 is 2.11 bits per heavy atom. The van der Waals surface area contributed by atoms with Gasteiger partial charge in [-0.05, 0) is 29.8 Å². The summed E-state index contributed by atoms with van der Waals surface area (Å²) < 4.78 is 0. The van der Waals surface area contributed by atoms with Crippen LogP contribution < -0.4 is 11.1 Å². The molecule has 0 spiro atoms. The number of nitrogens with one attached hydrogen (secondary N) is 1. The number of anilines is 3. The van der Waals surface area contributed by atoms with Gasteiger partial charge in [0.2, 0.25) is 5.28 Å². The van der Waals surface area contributed by atoms with Crippen LogP contribution >= 0.6 is 23.2 Å². The SMILES string of the molecule is N#Cc1ccc(Cl)cc1Nc1nc(Cl)ncc1N. The summed E-state index contributed by atoms with van der Waals surface area (Å²) in [5.41, 5.74) is 6.96. The van der Waals surface area contributed by atoms with Gasteiger partial charge in [0.05, 0.1) is 23.1 Å². The fraction of sp³-hybridized carbons (Fsp3) is 0. The number of nitrogens with zero attached hydrogens (tertiary/aromatic N) is 3. The number of hydrogen-bond donors (Lipinski definition) is 2. The molecule has 7 heteroatoms. The Morgan fingerprint density at radius 3 is 2.83 bits per heavy atom. The summed E-state index contributed by atoms with van der Waals surface area (Å²) >= 11 is 11.6. The third kappa shape index (κ3) is 2.62. The van der Waals surface area contributed by atoms with E-state index in [0.29, 0.717) is 27.8 Å². The van der Waals surface area contributed by atoms with E-state index in [9.17, 15) is 0 Å². The molecule has 0 aliphatic heterocycles. The molecule has 1 aromatic heterocycles. The number of aromatic nitrogens is 2. The Bertz CT molecular complexity index is 636. The van der Waals surface area contributed by atoms with Gasteiger partial charge in [-0.15, -0.1) is 0 Å². The fourth-order valence-corrected chi connectivity index (χ4v) is 1.62. The molecule has 3 N–H and O–H groups in total. The average Bonchev–Trinajstić information content (AvgIpc) is 2.34. The van der Waals surface area contributed by atoms with Crippen LogP contribution in [0.5, 0.6) is 0 Å². The quantitative estimate of drug-likeness (QED) is 0.825. The van der Waals surface area contributed by atoms with Crippen molar-refractivity contribution in [3.63, 3.8) is 0 Å². The number of nitrogens with two attached hydrogens (primary N) is 1. The van der Waals surface area contributed by atoms with E-state index in [-0.39, 0.29) is 5.28 Å². The Hall–Kier alpha value is -2.03. The van der Waals surface area contributed by atoms with Crippen molar-refractivity contribution in [2.24, 2.45) is 0 Å². The van der Waals surface area contributed by atoms with Crippen molar-refractivity contribution in [2.45, 2.75) is 0 Å². The van der Waals surface area contributed by atoms with E-state index in [0.717, 1.165) is 0 Å². The third-order valence-electron chi connectivity index (χ3n) is 2.14. The van der Waals surface area contributed by atoms with Gasteiger partial charge in [0.1, 0.15) is 6.07 Å². The lowest BCUT2D eigenvalue weighted by atomic mass is 10.2. The lowest BCUT2D eigenvalue weighted by molar-refractivity contribution is 1.17. The lowest BCUT2D eigenvalue weighted by Crippen LogP contribution is -2.02. The van der Waals surface area contributed by atoms with E-state index in [1.165, 1.54) is 6.20 Å². The summed E-state index contributed by atoms with van der Waals surface area (Å²) in [5, 5.41) is 12.5. The van der Waals surface area contributed by atoms with Crippen molar-refractivity contribution in [2.75, 3.05) is 11.1 Å². The van der Waals surface area contributed by atoms with Crippen LogP contribution in [-0.2, 0) is 0 Å². The summed E-state index contributed by atoms with van der Waals surface area (Å²) in [4.78, 5) is 7.68. The van der Waals surface area contributed by atoms with E-state index in [4.69, 9.17) is 34.2 Å². The van der Waals surface area contributed by atoms with Crippen molar-refractivity contribution < 1.29 is 0 Å². The summed E-state index contributed by atoms with van der Waals surface area (Å²) in [6, 6.07) is 6.87. The van der Waals surface area contributed by atoms with Gasteiger partial charge in [-0.1, -0.05) is 11.6 Å². The molecule has 0 aliphatic carbocycles. The van der Waals surface area contributed by atoms with Gasteiger partial charge in [0.25, 0.3) is 0 Å². The molecule has 0 radical (unpaired) electrons. The maximum atomic E-state index is 8.99. The molecule has 5 nitrogen and oxygen atoms in total. The van der Waals surface area contributed by atoms with Crippen molar-refractivity contribution in [1.29, 1.82) is 5.26 Å². The number of benzene rings is 1. The van der Waals surface area contributed by atoms with Gasteiger partial charge in [-0.25, -0.2) is 4.98 Å². The highest BCUT2D eigenvalue weighted by Gasteiger charge is 2.08. The monoisotopic (exact) mass is 279 g/mol. The Kier molecular flexibility index (Phi) is 3.51. The second-order valence-corrected chi connectivity index (χ2v) is 4.14. The second-order valence-electron chi connectivity index (χ2n) is 3.37. The van der Waals surface area contributed by atoms with Crippen molar-refractivity contribution >= 4 is 40.4 Å². The molecule has 0 unspecified atom stereocenters. The van der Waals surface area contributed by atoms with Crippen LogP contribution in [0.15, 0.2) is 24.4 Å². The zero-order valence-electron chi connectivity index (χ0n) is 8.98. The first-order valence-corrected chi connectivity index (χ1v) is 5.60. The largest absolute Gasteiger partial charge is 0.394 e. The molecule has 0 atom stereocenters. The average molecular weight is 280 g/mol. The van der Waals surface area contributed by atoms with E-state index in [2.05, 4.69) is 15.3 Å². The van der Waals surface area contributed by atoms with Crippen LogP contribution in [0.4, 0.5) is 17.2 Å². The first kappa shape index (κ1) is 12.4. The highest BCUT2D eigenvalue weighted by atomic mass is 35.5. The standard InChI is InChI=1S/C11H7Cl2N5/c12-7-2-1-6(4-14)9(3-7)17-10-8(15)5-16-11(13)18-10/h1-3,5H,15H2,(H,16,17,18). The number of nitriles is 1. The Labute approximate surface area is 113 Å². The molecule has 0 saturated carbocycles. The molecule has 2 aromatic rings. The molecule has 0 amide bonds. The normalized spacial score (nSPS) is 9.83. The summed E-state index contributed by atoms with van der Waals surface area (Å²) in [6.45, 7) is 0. The molecule has 0 bridgehead atoms. The highest BCUT2D eigenvalue weighted by molar-refractivity contribution is 6.31. The van der Waals surface area contributed by atoms with E-state index in [1.807, 2.05) is 6.07 Å². The Balaban J connectivity index is 2.43. The van der Waals surface area contributed by atoms with Gasteiger partial charge in [0, 0.05) is 5.02 Å². The number of hydrogen-bond acceptors (Lipinski definition) is 5. The molecule has 18 heavy (non-hydrogen) atoms. The van der Waals surface area contributed by atoms with E-state index >= 15 is 0 Å². The molecule has 2 rings (SSSR count). The smallest absolute Gasteiger partial charge is 0.224 e. The molecule has 0 aliphatic rings. The maximum absolute atomic E-state index is 8.99. The molecule has 1 heterocycles. The van der Waals surface area contributed by atoms with Crippen LogP contribution in [-0.4, -0.2) is 9.97 Å². The first-order chi connectivity index (χ1) is 8.60. The highest BCUT2D eigenvalue weighted by Crippen LogP contribution is 2.26. The predicted molar refractivity (Wildman–Crippen MR) is 70.9 cm³/mol. The molecule has 1 aromatic carbocycles. The van der Waals surface area contributed by atoms with Crippen LogP contribution in [0.3, 0.4) is 0 Å². The molecule has 0 fully saturated rings. The van der Waals surface area contributed by atoms with Crippen molar-refractivity contribution in [3.8, 4) is 6.07 Å². The second kappa shape index (κ2) is 5.08. The minimum atomic E-state index is 0.0623. The first-order valence-electron chi connectivity index (χ1n) is 4.85. The topological polar surface area (TPSA) is 87.6 Å². The van der Waals surface area contributed by atoms with Gasteiger partial charge in [0.15, 0.2) is 5.82 Å². The number of nitrogen functional groups attached to an aromatic ring is 1. The fourth-order valence-electron chi connectivity index (χ4n) is 1.31. The summed E-state index contributed by atoms with van der Waals surface area (Å²) in [7, 11) is 0. The van der Waals surface area contributed by atoms with Crippen LogP contribution in [0.1, 0.15) is 5.56 Å². The zero-order valence-corrected chi connectivity index (χ0v) is 10.5. The molecule has 0 saturated heterocycles. The van der Waals surface area contributed by atoms with Gasteiger partial charge in [-0.3, -0.25) is 0 Å². The van der Waals surface area contributed by atoms with Gasteiger partial charge in [-0.2, -0.15) is 10.2 Å². The summed E-state index contributed by atoms with van der Waals surface area (Å²) in [6.07, 6.45) is 1.38. The number of halogens is 2. The van der Waals surface area contributed by atoms with Crippen molar-refractivity contribution in [3.05, 3.63) is 40.3 Å². The minimum Gasteiger partial charge on any atom is -0.394 e. The molecule has 90 valence electrons. The zero-order chi connectivity index (χ0) is 13.1. The maximum Gasteiger partial charge on any atom is 0.224 e.